The normalized spacial score (nSPS) is 18.4. The van der Waals surface area contributed by atoms with Gasteiger partial charge < -0.3 is 15.3 Å². The Hall–Kier alpha value is -2.06. The minimum Gasteiger partial charge on any atom is -0.396 e. The van der Waals surface area contributed by atoms with E-state index in [1.165, 1.54) is 0 Å². The number of hydrogen-bond donors (Lipinski definition) is 2. The first-order chi connectivity index (χ1) is 9.72. The van der Waals surface area contributed by atoms with Gasteiger partial charge in [0.2, 0.25) is 0 Å². The Kier molecular flexibility index (Phi) is 4.97. The zero-order valence-electron chi connectivity index (χ0n) is 11.4. The number of hydrogen-bond acceptors (Lipinski definition) is 3. The van der Waals surface area contributed by atoms with Gasteiger partial charge in [0.25, 0.3) is 0 Å². The molecule has 1 aliphatic heterocycles. The smallest absolute Gasteiger partial charge is 0.321 e. The molecule has 0 aliphatic carbocycles. The van der Waals surface area contributed by atoms with Gasteiger partial charge in [-0.3, -0.25) is 0 Å². The Morgan fingerprint density at radius 2 is 2.20 bits per heavy atom. The third-order valence-corrected chi connectivity index (χ3v) is 3.61. The first-order valence-electron chi connectivity index (χ1n) is 6.90. The summed E-state index contributed by atoms with van der Waals surface area (Å²) < 4.78 is 0. The van der Waals surface area contributed by atoms with E-state index in [2.05, 4.69) is 5.32 Å². The van der Waals surface area contributed by atoms with E-state index in [1.807, 2.05) is 6.07 Å². The number of rotatable bonds is 3. The van der Waals surface area contributed by atoms with Crippen LogP contribution in [0.1, 0.15) is 24.8 Å². The molecule has 2 rings (SSSR count). The van der Waals surface area contributed by atoms with Crippen LogP contribution in [0.3, 0.4) is 0 Å². The number of aliphatic hydroxyl groups excluding tert-OH is 1. The fourth-order valence-electron chi connectivity index (χ4n) is 2.50. The SMILES string of the molecule is N#Cc1ccc(NC(=O)N2CCCC(CCO)C2)cc1. The van der Waals surface area contributed by atoms with E-state index >= 15 is 0 Å². The van der Waals surface area contributed by atoms with Crippen molar-refractivity contribution in [3.8, 4) is 6.07 Å². The van der Waals surface area contributed by atoms with Gasteiger partial charge in [-0.05, 0) is 49.4 Å². The molecule has 20 heavy (non-hydrogen) atoms. The molecular weight excluding hydrogens is 254 g/mol. The number of aliphatic hydroxyl groups is 1. The number of benzene rings is 1. The summed E-state index contributed by atoms with van der Waals surface area (Å²) in [6.07, 6.45) is 2.80. The lowest BCUT2D eigenvalue weighted by atomic mass is 9.95. The first-order valence-corrected chi connectivity index (χ1v) is 6.90. The highest BCUT2D eigenvalue weighted by molar-refractivity contribution is 5.89. The Morgan fingerprint density at radius 3 is 2.85 bits per heavy atom. The fraction of sp³-hybridized carbons (Fsp3) is 0.467. The van der Waals surface area contributed by atoms with Crippen LogP contribution in [0.2, 0.25) is 0 Å². The topological polar surface area (TPSA) is 76.4 Å². The van der Waals surface area contributed by atoms with Crippen LogP contribution in [0.4, 0.5) is 10.5 Å². The molecule has 1 heterocycles. The van der Waals surface area contributed by atoms with E-state index in [0.717, 1.165) is 25.8 Å². The van der Waals surface area contributed by atoms with Gasteiger partial charge in [0, 0.05) is 25.4 Å². The number of likely N-dealkylation sites (tertiary alicyclic amines) is 1. The van der Waals surface area contributed by atoms with Crippen LogP contribution in [-0.2, 0) is 0 Å². The second kappa shape index (κ2) is 6.92. The maximum absolute atomic E-state index is 12.2. The van der Waals surface area contributed by atoms with Crippen molar-refractivity contribution in [2.45, 2.75) is 19.3 Å². The molecule has 1 fully saturated rings. The molecule has 1 atom stereocenters. The van der Waals surface area contributed by atoms with Gasteiger partial charge in [0.1, 0.15) is 0 Å². The van der Waals surface area contributed by atoms with Crippen molar-refractivity contribution in [2.75, 3.05) is 25.0 Å². The van der Waals surface area contributed by atoms with Crippen LogP contribution in [0.25, 0.3) is 0 Å². The van der Waals surface area contributed by atoms with Crippen molar-refractivity contribution in [3.63, 3.8) is 0 Å². The van der Waals surface area contributed by atoms with Crippen molar-refractivity contribution in [2.24, 2.45) is 5.92 Å². The van der Waals surface area contributed by atoms with Crippen molar-refractivity contribution in [3.05, 3.63) is 29.8 Å². The predicted octanol–water partition coefficient (Wildman–Crippen LogP) is 2.18. The van der Waals surface area contributed by atoms with Gasteiger partial charge in [-0.2, -0.15) is 5.26 Å². The number of carbonyl (C=O) groups excluding carboxylic acids is 1. The summed E-state index contributed by atoms with van der Waals surface area (Å²) in [4.78, 5) is 14.0. The lowest BCUT2D eigenvalue weighted by molar-refractivity contribution is 0.159. The minimum atomic E-state index is -0.114. The molecule has 2 amide bonds. The summed E-state index contributed by atoms with van der Waals surface area (Å²) in [6.45, 7) is 1.63. The van der Waals surface area contributed by atoms with Gasteiger partial charge in [-0.1, -0.05) is 0 Å². The van der Waals surface area contributed by atoms with E-state index in [1.54, 1.807) is 29.2 Å². The minimum absolute atomic E-state index is 0.114. The quantitative estimate of drug-likeness (QED) is 0.886. The molecule has 0 radical (unpaired) electrons. The number of anilines is 1. The van der Waals surface area contributed by atoms with Crippen molar-refractivity contribution < 1.29 is 9.90 Å². The van der Waals surface area contributed by atoms with Gasteiger partial charge >= 0.3 is 6.03 Å². The van der Waals surface area contributed by atoms with Crippen LogP contribution in [0, 0.1) is 17.2 Å². The highest BCUT2D eigenvalue weighted by Gasteiger charge is 2.23. The lowest BCUT2D eigenvalue weighted by Gasteiger charge is -2.32. The van der Waals surface area contributed by atoms with E-state index < -0.39 is 0 Å². The standard InChI is InChI=1S/C15H19N3O2/c16-10-12-3-5-14(6-4-12)17-15(20)18-8-1-2-13(11-18)7-9-19/h3-6,13,19H,1-2,7-9,11H2,(H,17,20). The molecule has 0 aromatic heterocycles. The van der Waals surface area contributed by atoms with Crippen molar-refractivity contribution in [1.82, 2.24) is 4.90 Å². The number of carbonyl (C=O) groups is 1. The Bertz CT molecular complexity index is 491. The summed E-state index contributed by atoms with van der Waals surface area (Å²) in [6, 6.07) is 8.75. The van der Waals surface area contributed by atoms with Crippen LogP contribution in [0.5, 0.6) is 0 Å². The predicted molar refractivity (Wildman–Crippen MR) is 76.2 cm³/mol. The maximum Gasteiger partial charge on any atom is 0.321 e. The van der Waals surface area contributed by atoms with Gasteiger partial charge in [0.05, 0.1) is 11.6 Å². The van der Waals surface area contributed by atoms with Crippen molar-refractivity contribution in [1.29, 1.82) is 5.26 Å². The number of piperidine rings is 1. The van der Waals surface area contributed by atoms with E-state index in [4.69, 9.17) is 10.4 Å². The lowest BCUT2D eigenvalue weighted by Crippen LogP contribution is -2.42. The largest absolute Gasteiger partial charge is 0.396 e. The Morgan fingerprint density at radius 1 is 1.45 bits per heavy atom. The Balaban J connectivity index is 1.92. The average molecular weight is 273 g/mol. The Labute approximate surface area is 118 Å². The molecule has 1 aromatic rings. The van der Waals surface area contributed by atoms with Gasteiger partial charge in [0.15, 0.2) is 0 Å². The zero-order valence-corrected chi connectivity index (χ0v) is 11.4. The molecule has 1 aromatic carbocycles. The molecule has 1 unspecified atom stereocenters. The third-order valence-electron chi connectivity index (χ3n) is 3.61. The average Bonchev–Trinajstić information content (AvgIpc) is 2.48. The van der Waals surface area contributed by atoms with Crippen LogP contribution < -0.4 is 5.32 Å². The molecular formula is C15H19N3O2. The van der Waals surface area contributed by atoms with Crippen LogP contribution in [0.15, 0.2) is 24.3 Å². The third kappa shape index (κ3) is 3.72. The second-order valence-electron chi connectivity index (χ2n) is 5.09. The fourth-order valence-corrected chi connectivity index (χ4v) is 2.50. The first kappa shape index (κ1) is 14.4. The molecule has 106 valence electrons. The van der Waals surface area contributed by atoms with Crippen LogP contribution in [-0.4, -0.2) is 35.7 Å². The van der Waals surface area contributed by atoms with E-state index in [9.17, 15) is 4.79 Å². The molecule has 0 bridgehead atoms. The molecule has 5 nitrogen and oxygen atoms in total. The number of amides is 2. The van der Waals surface area contributed by atoms with E-state index in [0.29, 0.717) is 23.7 Å². The number of urea groups is 1. The summed E-state index contributed by atoms with van der Waals surface area (Å²) in [5, 5.41) is 20.6. The summed E-state index contributed by atoms with van der Waals surface area (Å²) in [7, 11) is 0. The monoisotopic (exact) mass is 273 g/mol. The highest BCUT2D eigenvalue weighted by atomic mass is 16.3. The number of nitrogens with one attached hydrogen (secondary N) is 1. The highest BCUT2D eigenvalue weighted by Crippen LogP contribution is 2.20. The number of nitriles is 1. The van der Waals surface area contributed by atoms with Crippen molar-refractivity contribution >= 4 is 11.7 Å². The second-order valence-corrected chi connectivity index (χ2v) is 5.09. The molecule has 5 heteroatoms. The van der Waals surface area contributed by atoms with Crippen LogP contribution >= 0.6 is 0 Å². The van der Waals surface area contributed by atoms with E-state index in [-0.39, 0.29) is 12.6 Å². The molecule has 0 spiro atoms. The summed E-state index contributed by atoms with van der Waals surface area (Å²) in [5.41, 5.74) is 1.27. The zero-order chi connectivity index (χ0) is 14.4. The summed E-state index contributed by atoms with van der Waals surface area (Å²) in [5.74, 6) is 0.389. The molecule has 2 N–H and O–H groups in total. The maximum atomic E-state index is 12.2. The number of nitrogens with zero attached hydrogens (tertiary/aromatic N) is 2. The van der Waals surface area contributed by atoms with Gasteiger partial charge in [-0.25, -0.2) is 4.79 Å². The molecule has 0 saturated carbocycles. The molecule has 1 aliphatic rings. The molecule has 1 saturated heterocycles. The van der Waals surface area contributed by atoms with Gasteiger partial charge in [-0.15, -0.1) is 0 Å². The summed E-state index contributed by atoms with van der Waals surface area (Å²) >= 11 is 0.